The molecule has 152 valence electrons. The van der Waals surface area contributed by atoms with E-state index in [0.29, 0.717) is 31.3 Å². The molecule has 2 aliphatic rings. The zero-order valence-electron chi connectivity index (χ0n) is 16.1. The lowest BCUT2D eigenvalue weighted by Crippen LogP contribution is -2.46. The summed E-state index contributed by atoms with van der Waals surface area (Å²) < 4.78 is 32.1. The molecule has 0 radical (unpaired) electrons. The normalized spacial score (nSPS) is 19.8. The van der Waals surface area contributed by atoms with Crippen molar-refractivity contribution in [1.29, 1.82) is 0 Å². The number of hydrogen-bond donors (Lipinski definition) is 0. The zero-order valence-corrected chi connectivity index (χ0v) is 16.9. The molecule has 2 aliphatic heterocycles. The maximum absolute atomic E-state index is 12.7. The van der Waals surface area contributed by atoms with Gasteiger partial charge in [0.2, 0.25) is 15.9 Å². The summed E-state index contributed by atoms with van der Waals surface area (Å²) in [5, 5.41) is 3.94. The number of piperidine rings is 1. The molecule has 0 amide bonds. The largest absolute Gasteiger partial charge is 0.354 e. The fourth-order valence-electron chi connectivity index (χ4n) is 3.71. The van der Waals surface area contributed by atoms with Gasteiger partial charge in [-0.05, 0) is 25.0 Å². The number of pyridine rings is 1. The van der Waals surface area contributed by atoms with Crippen LogP contribution >= 0.6 is 0 Å². The number of hydrogen-bond acceptors (Lipinski definition) is 8. The molecule has 0 atom stereocenters. The average Bonchev–Trinajstić information content (AvgIpc) is 3.14. The van der Waals surface area contributed by atoms with Gasteiger partial charge in [-0.15, -0.1) is 0 Å². The highest BCUT2D eigenvalue weighted by Crippen LogP contribution is 2.22. The van der Waals surface area contributed by atoms with E-state index < -0.39 is 10.0 Å². The van der Waals surface area contributed by atoms with Crippen molar-refractivity contribution in [2.45, 2.75) is 37.6 Å². The molecule has 0 aliphatic carbocycles. The van der Waals surface area contributed by atoms with Crippen molar-refractivity contribution in [3.63, 3.8) is 0 Å². The highest BCUT2D eigenvalue weighted by molar-refractivity contribution is 7.89. The third-order valence-electron chi connectivity index (χ3n) is 5.30. The van der Waals surface area contributed by atoms with Crippen LogP contribution in [0.3, 0.4) is 0 Å². The van der Waals surface area contributed by atoms with Crippen molar-refractivity contribution < 1.29 is 12.9 Å². The Morgan fingerprint density at radius 2 is 1.79 bits per heavy atom. The van der Waals surface area contributed by atoms with E-state index in [0.717, 1.165) is 51.3 Å². The number of aryl methyl sites for hydroxylation is 1. The molecule has 0 aromatic carbocycles. The minimum absolute atomic E-state index is 0.282. The van der Waals surface area contributed by atoms with Crippen molar-refractivity contribution in [3.05, 3.63) is 30.0 Å². The van der Waals surface area contributed by atoms with Crippen LogP contribution in [0.4, 0.5) is 5.82 Å². The Morgan fingerprint density at radius 1 is 1.04 bits per heavy atom. The van der Waals surface area contributed by atoms with Gasteiger partial charge in [0.1, 0.15) is 10.7 Å². The van der Waals surface area contributed by atoms with E-state index in [4.69, 9.17) is 4.52 Å². The van der Waals surface area contributed by atoms with E-state index >= 15 is 0 Å². The molecule has 10 heteroatoms. The minimum Gasteiger partial charge on any atom is -0.354 e. The number of sulfonamides is 1. The number of piperazine rings is 1. The molecule has 2 aromatic heterocycles. The first-order valence-electron chi connectivity index (χ1n) is 9.75. The van der Waals surface area contributed by atoms with Crippen molar-refractivity contribution in [2.24, 2.45) is 0 Å². The second-order valence-corrected chi connectivity index (χ2v) is 9.25. The van der Waals surface area contributed by atoms with E-state index in [1.807, 2.05) is 6.07 Å². The lowest BCUT2D eigenvalue weighted by atomic mass is 10.2. The van der Waals surface area contributed by atoms with E-state index in [1.54, 1.807) is 17.3 Å². The van der Waals surface area contributed by atoms with Crippen molar-refractivity contribution >= 4 is 15.8 Å². The van der Waals surface area contributed by atoms with Crippen LogP contribution in [0.25, 0.3) is 0 Å². The molecule has 0 unspecified atom stereocenters. The van der Waals surface area contributed by atoms with E-state index in [9.17, 15) is 8.42 Å². The van der Waals surface area contributed by atoms with Crippen LogP contribution in [0.2, 0.25) is 0 Å². The predicted octanol–water partition coefficient (Wildman–Crippen LogP) is 1.27. The second kappa shape index (κ2) is 8.14. The lowest BCUT2D eigenvalue weighted by molar-refractivity contribution is 0.239. The lowest BCUT2D eigenvalue weighted by Gasteiger charge is -2.34. The molecule has 0 N–H and O–H groups in total. The third kappa shape index (κ3) is 4.18. The smallest absolute Gasteiger partial charge is 0.244 e. The van der Waals surface area contributed by atoms with Gasteiger partial charge in [0.05, 0.1) is 6.54 Å². The van der Waals surface area contributed by atoms with Crippen LogP contribution in [-0.2, 0) is 16.6 Å². The van der Waals surface area contributed by atoms with Crippen LogP contribution in [0.15, 0.2) is 27.7 Å². The van der Waals surface area contributed by atoms with Gasteiger partial charge in [-0.2, -0.15) is 9.29 Å². The highest BCUT2D eigenvalue weighted by Gasteiger charge is 2.27. The van der Waals surface area contributed by atoms with Crippen LogP contribution in [0.5, 0.6) is 0 Å². The molecule has 2 saturated heterocycles. The van der Waals surface area contributed by atoms with Gasteiger partial charge < -0.3 is 9.42 Å². The molecule has 28 heavy (non-hydrogen) atoms. The maximum atomic E-state index is 12.7. The Balaban J connectivity index is 1.35. The highest BCUT2D eigenvalue weighted by atomic mass is 32.2. The Bertz CT molecular complexity index is 884. The minimum atomic E-state index is -3.43. The molecule has 9 nitrogen and oxygen atoms in total. The molecular formula is C18H26N6O3S. The SMILES string of the molecule is Cc1nc(CN2CCN(c3ccc(S(=O)(=O)N4CCCCC4)cn3)CC2)no1. The van der Waals surface area contributed by atoms with Crippen LogP contribution in [0.1, 0.15) is 31.0 Å². The Morgan fingerprint density at radius 3 is 2.39 bits per heavy atom. The van der Waals surface area contributed by atoms with Gasteiger partial charge in [-0.3, -0.25) is 4.90 Å². The number of rotatable bonds is 5. The van der Waals surface area contributed by atoms with Gasteiger partial charge in [-0.25, -0.2) is 13.4 Å². The number of aromatic nitrogens is 3. The van der Waals surface area contributed by atoms with Crippen LogP contribution in [0, 0.1) is 6.92 Å². The van der Waals surface area contributed by atoms with E-state index in [-0.39, 0.29) is 4.90 Å². The molecule has 0 bridgehead atoms. The first-order chi connectivity index (χ1) is 13.5. The second-order valence-electron chi connectivity index (χ2n) is 7.31. The number of nitrogens with zero attached hydrogens (tertiary/aromatic N) is 6. The molecule has 4 heterocycles. The Labute approximate surface area is 165 Å². The summed E-state index contributed by atoms with van der Waals surface area (Å²) >= 11 is 0. The van der Waals surface area contributed by atoms with Crippen molar-refractivity contribution in [1.82, 2.24) is 24.3 Å². The first-order valence-corrected chi connectivity index (χ1v) is 11.2. The predicted molar refractivity (Wildman–Crippen MR) is 103 cm³/mol. The molecule has 0 saturated carbocycles. The van der Waals surface area contributed by atoms with Gasteiger partial charge in [-0.1, -0.05) is 11.6 Å². The molecule has 2 aromatic rings. The van der Waals surface area contributed by atoms with Crippen LogP contribution in [-0.4, -0.2) is 72.0 Å². The summed E-state index contributed by atoms with van der Waals surface area (Å²) in [4.78, 5) is 13.4. The van der Waals surface area contributed by atoms with E-state index in [1.165, 1.54) is 6.20 Å². The van der Waals surface area contributed by atoms with Gasteiger partial charge in [0, 0.05) is 52.4 Å². The summed E-state index contributed by atoms with van der Waals surface area (Å²) in [5.41, 5.74) is 0. The summed E-state index contributed by atoms with van der Waals surface area (Å²) in [5.74, 6) is 2.10. The quantitative estimate of drug-likeness (QED) is 0.733. The summed E-state index contributed by atoms with van der Waals surface area (Å²) in [7, 11) is -3.43. The molecular weight excluding hydrogens is 380 g/mol. The summed E-state index contributed by atoms with van der Waals surface area (Å²) in [6, 6.07) is 3.50. The van der Waals surface area contributed by atoms with Crippen LogP contribution < -0.4 is 4.90 Å². The maximum Gasteiger partial charge on any atom is 0.244 e. The molecule has 4 rings (SSSR count). The van der Waals surface area contributed by atoms with Gasteiger partial charge >= 0.3 is 0 Å². The first kappa shape index (κ1) is 19.3. The third-order valence-corrected chi connectivity index (χ3v) is 7.19. The van der Waals surface area contributed by atoms with Crippen molar-refractivity contribution in [3.8, 4) is 0 Å². The van der Waals surface area contributed by atoms with Gasteiger partial charge in [0.15, 0.2) is 5.82 Å². The zero-order chi connectivity index (χ0) is 19.6. The summed E-state index contributed by atoms with van der Waals surface area (Å²) in [6.07, 6.45) is 4.45. The van der Waals surface area contributed by atoms with Crippen molar-refractivity contribution in [2.75, 3.05) is 44.2 Å². The topological polar surface area (TPSA) is 95.7 Å². The monoisotopic (exact) mass is 406 g/mol. The summed E-state index contributed by atoms with van der Waals surface area (Å²) in [6.45, 7) is 7.04. The molecule has 0 spiro atoms. The molecule has 2 fully saturated rings. The Hall–Kier alpha value is -2.04. The van der Waals surface area contributed by atoms with Gasteiger partial charge in [0.25, 0.3) is 0 Å². The fourth-order valence-corrected chi connectivity index (χ4v) is 5.17. The van der Waals surface area contributed by atoms with E-state index in [2.05, 4.69) is 24.9 Å². The average molecular weight is 407 g/mol. The standard InChI is InChI=1S/C18H26N6O3S/c1-15-20-17(21-27-15)14-22-9-11-23(12-10-22)18-6-5-16(13-19-18)28(25,26)24-7-3-2-4-8-24/h5-6,13H,2-4,7-12,14H2,1H3. The number of anilines is 1. The Kier molecular flexibility index (Phi) is 5.61. The fraction of sp³-hybridized carbons (Fsp3) is 0.611.